The molecule has 2 heterocycles. The molecule has 1 atom stereocenters. The van der Waals surface area contributed by atoms with Crippen LogP contribution in [0.1, 0.15) is 18.4 Å². The maximum Gasteiger partial charge on any atom is 0.124 e. The second-order valence-electron chi connectivity index (χ2n) is 3.98. The molecule has 1 aromatic rings. The molecule has 0 saturated heterocycles. The molecule has 0 N–H and O–H groups in total. The molecule has 0 saturated carbocycles. The van der Waals surface area contributed by atoms with Crippen LogP contribution < -0.4 is 4.74 Å². The van der Waals surface area contributed by atoms with E-state index in [1.165, 1.54) is 5.56 Å². The summed E-state index contributed by atoms with van der Waals surface area (Å²) in [5, 5.41) is 0. The molecule has 0 amide bonds. The molecule has 78 valence electrons. The number of hydrogen-bond acceptors (Lipinski definition) is 3. The summed E-state index contributed by atoms with van der Waals surface area (Å²) in [6, 6.07) is 8.31. The molecule has 0 aromatic heterocycles. The molecular weight excluding hydrogens is 206 g/mol. The first-order chi connectivity index (χ1) is 7.41. The van der Waals surface area contributed by atoms with Gasteiger partial charge in [-0.2, -0.15) is 0 Å². The standard InChI is InChI=1S/C12H13NOS/c1-2-4-11-10(3-1)12(5-7-14-11)6-8-15-9-13-12/h1-4,9H,5-8H2. The lowest BCUT2D eigenvalue weighted by Crippen LogP contribution is -2.33. The zero-order valence-electron chi connectivity index (χ0n) is 8.48. The van der Waals surface area contributed by atoms with Crippen molar-refractivity contribution in [1.29, 1.82) is 0 Å². The molecule has 2 aliphatic rings. The van der Waals surface area contributed by atoms with Gasteiger partial charge >= 0.3 is 0 Å². The van der Waals surface area contributed by atoms with Crippen LogP contribution in [0.2, 0.25) is 0 Å². The van der Waals surface area contributed by atoms with Crippen LogP contribution in [0, 0.1) is 0 Å². The van der Waals surface area contributed by atoms with Crippen molar-refractivity contribution >= 4 is 17.3 Å². The summed E-state index contributed by atoms with van der Waals surface area (Å²) in [5.41, 5.74) is 3.29. The van der Waals surface area contributed by atoms with Gasteiger partial charge in [-0.05, 0) is 12.5 Å². The molecule has 1 aromatic carbocycles. The van der Waals surface area contributed by atoms with E-state index in [4.69, 9.17) is 9.73 Å². The summed E-state index contributed by atoms with van der Waals surface area (Å²) < 4.78 is 5.67. The number of rotatable bonds is 0. The highest BCUT2D eigenvalue weighted by Gasteiger charge is 2.37. The first kappa shape index (κ1) is 9.28. The van der Waals surface area contributed by atoms with Crippen molar-refractivity contribution in [3.8, 4) is 5.75 Å². The number of benzene rings is 1. The number of para-hydroxylation sites is 1. The van der Waals surface area contributed by atoms with Crippen LogP contribution in [0.25, 0.3) is 0 Å². The Bertz CT molecular complexity index is 404. The van der Waals surface area contributed by atoms with Gasteiger partial charge in [0.1, 0.15) is 5.75 Å². The molecule has 0 aliphatic carbocycles. The summed E-state index contributed by atoms with van der Waals surface area (Å²) in [6.07, 6.45) is 2.15. The van der Waals surface area contributed by atoms with Crippen LogP contribution in [-0.2, 0) is 5.54 Å². The average molecular weight is 219 g/mol. The Morgan fingerprint density at radius 1 is 1.27 bits per heavy atom. The number of nitrogens with zero attached hydrogens (tertiary/aromatic N) is 1. The fourth-order valence-electron chi connectivity index (χ4n) is 2.32. The zero-order valence-corrected chi connectivity index (χ0v) is 9.30. The van der Waals surface area contributed by atoms with Gasteiger partial charge in [-0.25, -0.2) is 0 Å². The first-order valence-electron chi connectivity index (χ1n) is 5.28. The van der Waals surface area contributed by atoms with E-state index in [0.717, 1.165) is 31.0 Å². The number of aliphatic imine (C=N–C) groups is 1. The Morgan fingerprint density at radius 2 is 2.20 bits per heavy atom. The smallest absolute Gasteiger partial charge is 0.124 e. The molecule has 0 radical (unpaired) electrons. The van der Waals surface area contributed by atoms with Crippen molar-refractivity contribution in [2.45, 2.75) is 18.4 Å². The lowest BCUT2D eigenvalue weighted by Gasteiger charge is -2.37. The average Bonchev–Trinajstić information content (AvgIpc) is 2.31. The molecule has 0 bridgehead atoms. The number of hydrogen-bond donors (Lipinski definition) is 0. The summed E-state index contributed by atoms with van der Waals surface area (Å²) in [5.74, 6) is 2.19. The normalized spacial score (nSPS) is 28.5. The molecule has 3 heteroatoms. The zero-order chi connectivity index (χ0) is 10.1. The van der Waals surface area contributed by atoms with Gasteiger partial charge in [0, 0.05) is 17.7 Å². The van der Waals surface area contributed by atoms with E-state index in [1.54, 1.807) is 11.8 Å². The Kier molecular flexibility index (Phi) is 2.20. The van der Waals surface area contributed by atoms with Crippen LogP contribution in [0.15, 0.2) is 29.3 Å². The third-order valence-electron chi connectivity index (χ3n) is 3.17. The van der Waals surface area contributed by atoms with Gasteiger partial charge in [-0.3, -0.25) is 4.99 Å². The molecule has 1 unspecified atom stereocenters. The fourth-order valence-corrected chi connectivity index (χ4v) is 3.16. The minimum absolute atomic E-state index is 0.0140. The van der Waals surface area contributed by atoms with Gasteiger partial charge in [0.15, 0.2) is 0 Å². The van der Waals surface area contributed by atoms with E-state index < -0.39 is 0 Å². The monoisotopic (exact) mass is 219 g/mol. The Morgan fingerprint density at radius 3 is 3.07 bits per heavy atom. The van der Waals surface area contributed by atoms with Gasteiger partial charge in [-0.1, -0.05) is 18.2 Å². The van der Waals surface area contributed by atoms with Crippen LogP contribution in [0.4, 0.5) is 0 Å². The third kappa shape index (κ3) is 1.46. The second kappa shape index (κ2) is 3.56. The van der Waals surface area contributed by atoms with Crippen molar-refractivity contribution in [3.63, 3.8) is 0 Å². The minimum atomic E-state index is 0.0140. The number of thioether (sulfide) groups is 1. The Labute approximate surface area is 93.7 Å². The predicted octanol–water partition coefficient (Wildman–Crippen LogP) is 2.83. The SMILES string of the molecule is C1=NC2(CCOc3ccccc32)CCS1. The Balaban J connectivity index is 2.12. The highest BCUT2D eigenvalue weighted by atomic mass is 32.2. The lowest BCUT2D eigenvalue weighted by atomic mass is 9.83. The molecule has 15 heavy (non-hydrogen) atoms. The minimum Gasteiger partial charge on any atom is -0.493 e. The number of fused-ring (bicyclic) bond motifs is 2. The van der Waals surface area contributed by atoms with Crippen molar-refractivity contribution in [2.24, 2.45) is 4.99 Å². The van der Waals surface area contributed by atoms with E-state index in [1.807, 2.05) is 17.7 Å². The topological polar surface area (TPSA) is 21.6 Å². The highest BCUT2D eigenvalue weighted by Crippen LogP contribution is 2.44. The predicted molar refractivity (Wildman–Crippen MR) is 63.8 cm³/mol. The van der Waals surface area contributed by atoms with Crippen LogP contribution in [0.5, 0.6) is 5.75 Å². The van der Waals surface area contributed by atoms with Crippen LogP contribution >= 0.6 is 11.8 Å². The van der Waals surface area contributed by atoms with E-state index in [2.05, 4.69) is 12.1 Å². The largest absolute Gasteiger partial charge is 0.493 e. The van der Waals surface area contributed by atoms with Gasteiger partial charge in [-0.15, -0.1) is 11.8 Å². The highest BCUT2D eigenvalue weighted by molar-refractivity contribution is 8.12. The molecule has 2 aliphatic heterocycles. The van der Waals surface area contributed by atoms with Gasteiger partial charge < -0.3 is 4.74 Å². The molecule has 0 fully saturated rings. The third-order valence-corrected chi connectivity index (χ3v) is 3.86. The molecule has 1 spiro atoms. The van der Waals surface area contributed by atoms with Crippen LogP contribution in [-0.4, -0.2) is 17.9 Å². The van der Waals surface area contributed by atoms with Gasteiger partial charge in [0.25, 0.3) is 0 Å². The summed E-state index contributed by atoms with van der Waals surface area (Å²) in [6.45, 7) is 0.791. The summed E-state index contributed by atoms with van der Waals surface area (Å²) in [4.78, 5) is 4.72. The van der Waals surface area contributed by atoms with Gasteiger partial charge in [0.2, 0.25) is 0 Å². The van der Waals surface area contributed by atoms with Crippen molar-refractivity contribution in [2.75, 3.05) is 12.4 Å². The molecular formula is C12H13NOS. The maximum atomic E-state index is 5.67. The quantitative estimate of drug-likeness (QED) is 0.669. The molecule has 3 rings (SSSR count). The van der Waals surface area contributed by atoms with Gasteiger partial charge in [0.05, 0.1) is 17.7 Å². The van der Waals surface area contributed by atoms with E-state index >= 15 is 0 Å². The Hall–Kier alpha value is -0.960. The van der Waals surface area contributed by atoms with Crippen molar-refractivity contribution < 1.29 is 4.74 Å². The second-order valence-corrected chi connectivity index (χ2v) is 4.93. The molecule has 2 nitrogen and oxygen atoms in total. The van der Waals surface area contributed by atoms with Crippen molar-refractivity contribution in [3.05, 3.63) is 29.8 Å². The van der Waals surface area contributed by atoms with E-state index in [0.29, 0.717) is 0 Å². The number of ether oxygens (including phenoxy) is 1. The first-order valence-corrected chi connectivity index (χ1v) is 6.33. The fraction of sp³-hybridized carbons (Fsp3) is 0.417. The maximum absolute atomic E-state index is 5.67. The van der Waals surface area contributed by atoms with E-state index in [9.17, 15) is 0 Å². The summed E-state index contributed by atoms with van der Waals surface area (Å²) >= 11 is 1.80. The van der Waals surface area contributed by atoms with Crippen LogP contribution in [0.3, 0.4) is 0 Å². The van der Waals surface area contributed by atoms with E-state index in [-0.39, 0.29) is 5.54 Å². The van der Waals surface area contributed by atoms with Crippen molar-refractivity contribution in [1.82, 2.24) is 0 Å². The summed E-state index contributed by atoms with van der Waals surface area (Å²) in [7, 11) is 0. The lowest BCUT2D eigenvalue weighted by molar-refractivity contribution is 0.215.